The Labute approximate surface area is 92.1 Å². The number of nitrogens with zero attached hydrogens (tertiary/aromatic N) is 1. The molecule has 1 aromatic heterocycles. The first-order valence-corrected chi connectivity index (χ1v) is 5.89. The van der Waals surface area contributed by atoms with Crippen LogP contribution in [0.1, 0.15) is 31.7 Å². The third-order valence-corrected chi connectivity index (χ3v) is 3.50. The highest BCUT2D eigenvalue weighted by Gasteiger charge is 2.28. The largest absolute Gasteiger partial charge is 0.316 e. The first-order valence-electron chi connectivity index (χ1n) is 5.89. The predicted octanol–water partition coefficient (Wildman–Crippen LogP) is 2.43. The fourth-order valence-electron chi connectivity index (χ4n) is 2.59. The van der Waals surface area contributed by atoms with Gasteiger partial charge in [0, 0.05) is 12.4 Å². The van der Waals surface area contributed by atoms with Crippen molar-refractivity contribution in [1.29, 1.82) is 0 Å². The van der Waals surface area contributed by atoms with Crippen molar-refractivity contribution in [3.63, 3.8) is 0 Å². The summed E-state index contributed by atoms with van der Waals surface area (Å²) in [5.41, 5.74) is 1.41. The normalized spacial score (nSPS) is 26.9. The van der Waals surface area contributed by atoms with E-state index in [1.165, 1.54) is 12.0 Å². The van der Waals surface area contributed by atoms with Gasteiger partial charge in [0.15, 0.2) is 0 Å². The summed E-state index contributed by atoms with van der Waals surface area (Å²) in [6.07, 6.45) is 5.13. The number of nitrogens with one attached hydrogen (secondary N) is 1. The van der Waals surface area contributed by atoms with E-state index in [0.29, 0.717) is 5.92 Å². The molecule has 1 aromatic rings. The van der Waals surface area contributed by atoms with Crippen LogP contribution >= 0.6 is 0 Å². The molecule has 0 saturated carbocycles. The standard InChI is InChI=1S/C13H20N2/c1-10(2)13-9-15-7-5-12(13)11-4-3-6-14-8-11/h3-4,6,8,10,12-13,15H,5,7,9H2,1-2H3. The molecule has 0 amide bonds. The Morgan fingerprint density at radius 3 is 3.00 bits per heavy atom. The highest BCUT2D eigenvalue weighted by atomic mass is 14.9. The van der Waals surface area contributed by atoms with E-state index in [1.54, 1.807) is 0 Å². The summed E-state index contributed by atoms with van der Waals surface area (Å²) in [5, 5.41) is 3.50. The number of pyridine rings is 1. The average molecular weight is 204 g/mol. The van der Waals surface area contributed by atoms with E-state index in [-0.39, 0.29) is 0 Å². The zero-order valence-corrected chi connectivity index (χ0v) is 9.61. The van der Waals surface area contributed by atoms with Gasteiger partial charge in [0.2, 0.25) is 0 Å². The Kier molecular flexibility index (Phi) is 3.37. The third kappa shape index (κ3) is 2.37. The molecule has 0 aliphatic carbocycles. The molecule has 1 fully saturated rings. The van der Waals surface area contributed by atoms with Gasteiger partial charge in [-0.15, -0.1) is 0 Å². The maximum atomic E-state index is 4.23. The van der Waals surface area contributed by atoms with Gasteiger partial charge in [-0.05, 0) is 48.9 Å². The number of rotatable bonds is 2. The van der Waals surface area contributed by atoms with Crippen molar-refractivity contribution in [2.24, 2.45) is 11.8 Å². The smallest absolute Gasteiger partial charge is 0.0302 e. The lowest BCUT2D eigenvalue weighted by atomic mass is 9.76. The zero-order chi connectivity index (χ0) is 10.7. The van der Waals surface area contributed by atoms with Crippen LogP contribution in [0.5, 0.6) is 0 Å². The predicted molar refractivity (Wildman–Crippen MR) is 62.8 cm³/mol. The van der Waals surface area contributed by atoms with Gasteiger partial charge in [-0.1, -0.05) is 19.9 Å². The van der Waals surface area contributed by atoms with Crippen molar-refractivity contribution in [2.75, 3.05) is 13.1 Å². The fraction of sp³-hybridized carbons (Fsp3) is 0.615. The lowest BCUT2D eigenvalue weighted by Gasteiger charge is -2.35. The highest BCUT2D eigenvalue weighted by molar-refractivity contribution is 5.17. The molecule has 1 aliphatic rings. The van der Waals surface area contributed by atoms with Gasteiger partial charge in [-0.3, -0.25) is 4.98 Å². The van der Waals surface area contributed by atoms with Gasteiger partial charge in [0.1, 0.15) is 0 Å². The molecule has 2 atom stereocenters. The Balaban J connectivity index is 2.18. The van der Waals surface area contributed by atoms with Crippen molar-refractivity contribution in [3.05, 3.63) is 30.1 Å². The van der Waals surface area contributed by atoms with E-state index in [0.717, 1.165) is 24.9 Å². The van der Waals surface area contributed by atoms with Crippen LogP contribution in [-0.2, 0) is 0 Å². The minimum Gasteiger partial charge on any atom is -0.316 e. The minimum absolute atomic E-state index is 0.694. The molecular weight excluding hydrogens is 184 g/mol. The van der Waals surface area contributed by atoms with Crippen LogP contribution in [0.25, 0.3) is 0 Å². The quantitative estimate of drug-likeness (QED) is 0.800. The number of hydrogen-bond donors (Lipinski definition) is 1. The summed E-state index contributed by atoms with van der Waals surface area (Å²) in [6.45, 7) is 6.93. The zero-order valence-electron chi connectivity index (χ0n) is 9.61. The number of aromatic nitrogens is 1. The first-order chi connectivity index (χ1) is 7.29. The molecule has 2 heteroatoms. The van der Waals surface area contributed by atoms with E-state index in [2.05, 4.69) is 36.3 Å². The topological polar surface area (TPSA) is 24.9 Å². The van der Waals surface area contributed by atoms with Crippen LogP contribution in [0, 0.1) is 11.8 Å². The second kappa shape index (κ2) is 4.75. The van der Waals surface area contributed by atoms with E-state index in [1.807, 2.05) is 12.4 Å². The molecule has 1 N–H and O–H groups in total. The molecule has 1 saturated heterocycles. The Bertz CT molecular complexity index is 295. The molecule has 0 bridgehead atoms. The average Bonchev–Trinajstić information content (AvgIpc) is 2.30. The second-order valence-electron chi connectivity index (χ2n) is 4.79. The van der Waals surface area contributed by atoms with Gasteiger partial charge in [-0.2, -0.15) is 0 Å². The maximum Gasteiger partial charge on any atom is 0.0302 e. The number of hydrogen-bond acceptors (Lipinski definition) is 2. The molecule has 1 aliphatic heterocycles. The Morgan fingerprint density at radius 2 is 2.33 bits per heavy atom. The summed E-state index contributed by atoms with van der Waals surface area (Å²) in [4.78, 5) is 4.23. The summed E-state index contributed by atoms with van der Waals surface area (Å²) in [5.74, 6) is 2.19. The van der Waals surface area contributed by atoms with E-state index in [9.17, 15) is 0 Å². The van der Waals surface area contributed by atoms with Crippen molar-refractivity contribution in [1.82, 2.24) is 10.3 Å². The second-order valence-corrected chi connectivity index (χ2v) is 4.79. The molecular formula is C13H20N2. The van der Waals surface area contributed by atoms with Crippen LogP contribution in [0.3, 0.4) is 0 Å². The van der Waals surface area contributed by atoms with Gasteiger partial charge in [0.25, 0.3) is 0 Å². The summed E-state index contributed by atoms with van der Waals surface area (Å²) in [6, 6.07) is 4.27. The molecule has 0 aromatic carbocycles. The van der Waals surface area contributed by atoms with Gasteiger partial charge in [-0.25, -0.2) is 0 Å². The maximum absolute atomic E-state index is 4.23. The van der Waals surface area contributed by atoms with E-state index >= 15 is 0 Å². The summed E-state index contributed by atoms with van der Waals surface area (Å²) >= 11 is 0. The van der Waals surface area contributed by atoms with E-state index < -0.39 is 0 Å². The molecule has 0 radical (unpaired) electrons. The Morgan fingerprint density at radius 1 is 1.47 bits per heavy atom. The van der Waals surface area contributed by atoms with Gasteiger partial charge in [0.05, 0.1) is 0 Å². The third-order valence-electron chi connectivity index (χ3n) is 3.50. The van der Waals surface area contributed by atoms with Crippen LogP contribution in [0.4, 0.5) is 0 Å². The van der Waals surface area contributed by atoms with Crippen LogP contribution in [0.2, 0.25) is 0 Å². The molecule has 2 unspecified atom stereocenters. The minimum atomic E-state index is 0.694. The molecule has 82 valence electrons. The Hall–Kier alpha value is -0.890. The van der Waals surface area contributed by atoms with E-state index in [4.69, 9.17) is 0 Å². The molecule has 15 heavy (non-hydrogen) atoms. The fourth-order valence-corrected chi connectivity index (χ4v) is 2.59. The number of piperidine rings is 1. The molecule has 2 heterocycles. The summed E-state index contributed by atoms with van der Waals surface area (Å²) in [7, 11) is 0. The van der Waals surface area contributed by atoms with Crippen molar-refractivity contribution in [2.45, 2.75) is 26.2 Å². The molecule has 2 rings (SSSR count). The highest BCUT2D eigenvalue weighted by Crippen LogP contribution is 2.34. The molecule has 0 spiro atoms. The van der Waals surface area contributed by atoms with Crippen LogP contribution in [0.15, 0.2) is 24.5 Å². The lowest BCUT2D eigenvalue weighted by molar-refractivity contribution is 0.255. The molecule has 2 nitrogen and oxygen atoms in total. The van der Waals surface area contributed by atoms with Crippen molar-refractivity contribution < 1.29 is 0 Å². The van der Waals surface area contributed by atoms with Gasteiger partial charge < -0.3 is 5.32 Å². The van der Waals surface area contributed by atoms with Gasteiger partial charge >= 0.3 is 0 Å². The summed E-state index contributed by atoms with van der Waals surface area (Å²) < 4.78 is 0. The SMILES string of the molecule is CC(C)C1CNCCC1c1cccnc1. The van der Waals surface area contributed by atoms with Crippen molar-refractivity contribution in [3.8, 4) is 0 Å². The monoisotopic (exact) mass is 204 g/mol. The van der Waals surface area contributed by atoms with Crippen LogP contribution in [-0.4, -0.2) is 18.1 Å². The van der Waals surface area contributed by atoms with Crippen molar-refractivity contribution >= 4 is 0 Å². The lowest BCUT2D eigenvalue weighted by Crippen LogP contribution is -2.38. The van der Waals surface area contributed by atoms with Crippen LogP contribution < -0.4 is 5.32 Å². The first kappa shape index (κ1) is 10.6.